The fraction of sp³-hybridized carbons (Fsp3) is 0.0513. The predicted molar refractivity (Wildman–Crippen MR) is 344 cm³/mol. The summed E-state index contributed by atoms with van der Waals surface area (Å²) in [6.07, 6.45) is 0. The van der Waals surface area contributed by atoms with Crippen LogP contribution in [0.15, 0.2) is 279 Å². The molecular weight excluding hydrogens is 965 g/mol. The quantitative estimate of drug-likeness (QED) is 0.134. The van der Waals surface area contributed by atoms with Gasteiger partial charge in [0.2, 0.25) is 0 Å². The maximum atomic E-state index is 2.39. The molecule has 0 spiro atoms. The first-order valence-corrected chi connectivity index (χ1v) is 28.1. The molecule has 15 aromatic rings. The highest BCUT2D eigenvalue weighted by Crippen LogP contribution is 2.45. The van der Waals surface area contributed by atoms with E-state index in [4.69, 9.17) is 0 Å². The zero-order valence-corrected chi connectivity index (χ0v) is 45.5. The molecule has 15 rings (SSSR count). The molecule has 0 N–H and O–H groups in total. The predicted octanol–water partition coefficient (Wildman–Crippen LogP) is 21.8. The number of aryl methyl sites for hydroxylation is 2. The third kappa shape index (κ3) is 8.27. The summed E-state index contributed by atoms with van der Waals surface area (Å²) < 4.78 is 4.78. The topological polar surface area (TPSA) is 9.86 Å². The summed E-state index contributed by atoms with van der Waals surface area (Å²) in [5, 5.41) is 10.1. The van der Waals surface area contributed by atoms with E-state index >= 15 is 0 Å². The van der Waals surface area contributed by atoms with Crippen molar-refractivity contribution in [3.8, 4) is 78.1 Å². The van der Waals surface area contributed by atoms with Crippen molar-refractivity contribution in [1.82, 2.24) is 9.13 Å². The van der Waals surface area contributed by atoms with E-state index in [0.717, 1.165) is 0 Å². The van der Waals surface area contributed by atoms with Crippen LogP contribution in [-0.2, 0) is 0 Å². The summed E-state index contributed by atoms with van der Waals surface area (Å²) >= 11 is 0. The molecular formula is C78H58N2. The van der Waals surface area contributed by atoms with E-state index in [2.05, 4.69) is 302 Å². The fourth-order valence-corrected chi connectivity index (χ4v) is 12.5. The van der Waals surface area contributed by atoms with Crippen LogP contribution in [0.1, 0.15) is 25.0 Å². The molecule has 380 valence electrons. The molecule has 0 saturated carbocycles. The van der Waals surface area contributed by atoms with Gasteiger partial charge in [-0.1, -0.05) is 232 Å². The van der Waals surface area contributed by atoms with Gasteiger partial charge in [0, 0.05) is 32.9 Å². The van der Waals surface area contributed by atoms with Crippen molar-refractivity contribution in [1.29, 1.82) is 0 Å². The van der Waals surface area contributed by atoms with E-state index in [0.29, 0.717) is 0 Å². The zero-order chi connectivity index (χ0) is 53.8. The van der Waals surface area contributed by atoms with Crippen LogP contribution in [0, 0.1) is 13.8 Å². The Hall–Kier alpha value is -10.0. The average Bonchev–Trinajstić information content (AvgIpc) is 4.14. The van der Waals surface area contributed by atoms with Crippen molar-refractivity contribution in [3.63, 3.8) is 0 Å². The first-order chi connectivity index (χ1) is 39.5. The minimum Gasteiger partial charge on any atom is -0.309 e. The van der Waals surface area contributed by atoms with E-state index in [1.165, 1.54) is 154 Å². The van der Waals surface area contributed by atoms with Gasteiger partial charge in [0.1, 0.15) is 0 Å². The highest BCUT2D eigenvalue weighted by molar-refractivity contribution is 6.21. The first kappa shape index (κ1) is 48.4. The van der Waals surface area contributed by atoms with E-state index in [9.17, 15) is 0 Å². The molecule has 0 amide bonds. The minimum atomic E-state index is 1.19. The van der Waals surface area contributed by atoms with Gasteiger partial charge in [-0.25, -0.2) is 0 Å². The lowest BCUT2D eigenvalue weighted by Crippen LogP contribution is -1.94. The lowest BCUT2D eigenvalue weighted by molar-refractivity contribution is 1.17. The van der Waals surface area contributed by atoms with Crippen molar-refractivity contribution in [2.45, 2.75) is 27.7 Å². The summed E-state index contributed by atoms with van der Waals surface area (Å²) in [6.45, 7) is 8.32. The number of fused-ring (bicyclic) bond motifs is 8. The Morgan fingerprint density at radius 1 is 0.200 bits per heavy atom. The molecule has 13 aromatic carbocycles. The molecule has 2 nitrogen and oxygen atoms in total. The van der Waals surface area contributed by atoms with Crippen molar-refractivity contribution in [3.05, 3.63) is 290 Å². The van der Waals surface area contributed by atoms with Gasteiger partial charge in [0.15, 0.2) is 0 Å². The van der Waals surface area contributed by atoms with Gasteiger partial charge >= 0.3 is 0 Å². The molecule has 0 unspecified atom stereocenters. The van der Waals surface area contributed by atoms with Gasteiger partial charge in [-0.15, -0.1) is 0 Å². The largest absolute Gasteiger partial charge is 0.309 e. The second-order valence-electron chi connectivity index (χ2n) is 21.0. The summed E-state index contributed by atoms with van der Waals surface area (Å²) in [5.41, 5.74) is 24.3. The highest BCUT2D eigenvalue weighted by Gasteiger charge is 2.19. The van der Waals surface area contributed by atoms with Crippen LogP contribution in [0.2, 0.25) is 0 Å². The molecule has 0 radical (unpaired) electrons. The Bertz CT molecular complexity index is 4450. The number of rotatable bonds is 8. The highest BCUT2D eigenvalue weighted by atomic mass is 15.0. The number of hydrogen-bond acceptors (Lipinski definition) is 0. The second kappa shape index (κ2) is 20.1. The van der Waals surface area contributed by atoms with Gasteiger partial charge < -0.3 is 9.13 Å². The van der Waals surface area contributed by atoms with Crippen LogP contribution >= 0.6 is 0 Å². The molecule has 2 heterocycles. The Morgan fingerprint density at radius 3 is 0.787 bits per heavy atom. The number of hydrogen-bond donors (Lipinski definition) is 0. The lowest BCUT2D eigenvalue weighted by Gasteiger charge is -2.18. The monoisotopic (exact) mass is 1020 g/mol. The standard InChI is InChI=1S/C76H52N2.C2H6/c1-49-13-11-15-61(45-49)77-71-23-9-7-17-63(71)69-47-59(41-43-73(69)77)55-29-25-51(26-30-55)53-33-37-57(38-34-53)75-65-19-3-5-21-67(65)76(68-22-6-4-20-66(68)75)58-39-35-54(36-40-58)52-27-31-56(32-28-52)60-42-44-74-70(48-60)64-18-8-10-24-72(64)78(74)62-16-12-14-50(2)46-62;1-2/h3-48H,1-2H3;1-2H3. The molecule has 0 atom stereocenters. The van der Waals surface area contributed by atoms with Gasteiger partial charge in [0.25, 0.3) is 0 Å². The molecule has 0 aliphatic heterocycles. The van der Waals surface area contributed by atoms with Gasteiger partial charge in [0.05, 0.1) is 22.1 Å². The Labute approximate surface area is 467 Å². The van der Waals surface area contributed by atoms with E-state index in [1.54, 1.807) is 0 Å². The second-order valence-corrected chi connectivity index (χ2v) is 21.0. The minimum absolute atomic E-state index is 1.19. The van der Waals surface area contributed by atoms with Gasteiger partial charge in [-0.05, 0) is 174 Å². The number of aromatic nitrogens is 2. The normalized spacial score (nSPS) is 11.5. The average molecular weight is 1020 g/mol. The molecule has 0 aliphatic carbocycles. The van der Waals surface area contributed by atoms with Crippen molar-refractivity contribution in [2.24, 2.45) is 0 Å². The molecule has 2 heteroatoms. The Kier molecular flexibility index (Phi) is 12.1. The molecule has 0 saturated heterocycles. The summed E-state index contributed by atoms with van der Waals surface area (Å²) in [6, 6.07) is 103. The molecule has 0 bridgehead atoms. The number of para-hydroxylation sites is 2. The van der Waals surface area contributed by atoms with Crippen LogP contribution in [-0.4, -0.2) is 9.13 Å². The number of benzene rings is 13. The fourth-order valence-electron chi connectivity index (χ4n) is 12.5. The van der Waals surface area contributed by atoms with E-state index in [-0.39, 0.29) is 0 Å². The van der Waals surface area contributed by atoms with Crippen molar-refractivity contribution < 1.29 is 0 Å². The van der Waals surface area contributed by atoms with E-state index < -0.39 is 0 Å². The summed E-state index contributed by atoms with van der Waals surface area (Å²) in [5.74, 6) is 0. The summed E-state index contributed by atoms with van der Waals surface area (Å²) in [4.78, 5) is 0. The van der Waals surface area contributed by atoms with Crippen LogP contribution in [0.3, 0.4) is 0 Å². The van der Waals surface area contributed by atoms with Crippen LogP contribution in [0.25, 0.3) is 143 Å². The smallest absolute Gasteiger partial charge is 0.0541 e. The summed E-state index contributed by atoms with van der Waals surface area (Å²) in [7, 11) is 0. The van der Waals surface area contributed by atoms with Gasteiger partial charge in [-0.3, -0.25) is 0 Å². The molecule has 80 heavy (non-hydrogen) atoms. The maximum absolute atomic E-state index is 2.39. The SMILES string of the molecule is CC.Cc1cccc(-n2c3ccccc3c3cc(-c4ccc(-c5ccc(-c6c7ccccc7c(-c7ccc(-c8ccc(-c9ccc%10c(c9)c9ccccc9n%10-c9cccc(C)c9)cc8)cc7)c7ccccc67)cc5)cc4)ccc32)c1. The van der Waals surface area contributed by atoms with Gasteiger partial charge in [-0.2, -0.15) is 0 Å². The lowest BCUT2D eigenvalue weighted by atomic mass is 9.85. The number of nitrogens with zero attached hydrogens (tertiary/aromatic N) is 2. The van der Waals surface area contributed by atoms with Crippen molar-refractivity contribution in [2.75, 3.05) is 0 Å². The van der Waals surface area contributed by atoms with Crippen LogP contribution < -0.4 is 0 Å². The Balaban J connectivity index is 0.00000285. The maximum Gasteiger partial charge on any atom is 0.0541 e. The Morgan fingerprint density at radius 2 is 0.463 bits per heavy atom. The first-order valence-electron chi connectivity index (χ1n) is 28.1. The van der Waals surface area contributed by atoms with E-state index in [1.807, 2.05) is 13.8 Å². The third-order valence-corrected chi connectivity index (χ3v) is 16.2. The van der Waals surface area contributed by atoms with Crippen molar-refractivity contribution >= 4 is 65.2 Å². The van der Waals surface area contributed by atoms with Crippen LogP contribution in [0.5, 0.6) is 0 Å². The zero-order valence-electron chi connectivity index (χ0n) is 45.5. The molecule has 0 aliphatic rings. The molecule has 2 aromatic heterocycles. The molecule has 0 fully saturated rings. The van der Waals surface area contributed by atoms with Crippen LogP contribution in [0.4, 0.5) is 0 Å². The third-order valence-electron chi connectivity index (χ3n) is 16.2.